The van der Waals surface area contributed by atoms with Gasteiger partial charge in [0.25, 0.3) is 0 Å². The molecule has 1 aliphatic heterocycles. The number of hydrogen-bond acceptors (Lipinski definition) is 6. The summed E-state index contributed by atoms with van der Waals surface area (Å²) >= 11 is 0. The van der Waals surface area contributed by atoms with E-state index in [2.05, 4.69) is 10.6 Å². The first kappa shape index (κ1) is 17.7. The number of methoxy groups -OCH3 is 1. The lowest BCUT2D eigenvalue weighted by atomic mass is 10.2. The first-order valence-electron chi connectivity index (χ1n) is 8.38. The van der Waals surface area contributed by atoms with Gasteiger partial charge in [0.2, 0.25) is 12.7 Å². The highest BCUT2D eigenvalue weighted by atomic mass is 16.7. The van der Waals surface area contributed by atoms with Crippen LogP contribution in [0.5, 0.6) is 23.0 Å². The van der Waals surface area contributed by atoms with Crippen molar-refractivity contribution in [1.82, 2.24) is 0 Å². The summed E-state index contributed by atoms with van der Waals surface area (Å²) in [4.78, 5) is 12.4. The highest BCUT2D eigenvalue weighted by Crippen LogP contribution is 2.34. The van der Waals surface area contributed by atoms with E-state index in [1.54, 1.807) is 38.3 Å². The van der Waals surface area contributed by atoms with E-state index < -0.39 is 6.04 Å². The summed E-state index contributed by atoms with van der Waals surface area (Å²) in [5.74, 6) is 2.41. The van der Waals surface area contributed by atoms with Gasteiger partial charge in [-0.15, -0.1) is 0 Å². The predicted molar refractivity (Wildman–Crippen MR) is 98.4 cm³/mol. The van der Waals surface area contributed by atoms with Gasteiger partial charge in [-0.2, -0.15) is 0 Å². The van der Waals surface area contributed by atoms with Crippen molar-refractivity contribution in [3.05, 3.63) is 36.4 Å². The van der Waals surface area contributed by atoms with Crippen molar-refractivity contribution in [2.75, 3.05) is 31.1 Å². The third-order valence-electron chi connectivity index (χ3n) is 3.88. The number of amides is 1. The Balaban J connectivity index is 1.64. The molecule has 3 rings (SSSR count). The molecule has 0 spiro atoms. The Bertz CT molecular complexity index is 793. The zero-order chi connectivity index (χ0) is 18.5. The van der Waals surface area contributed by atoms with E-state index in [4.69, 9.17) is 18.9 Å². The molecule has 1 atom stereocenters. The third kappa shape index (κ3) is 3.93. The van der Waals surface area contributed by atoms with Crippen LogP contribution in [0.4, 0.5) is 11.4 Å². The van der Waals surface area contributed by atoms with Crippen LogP contribution >= 0.6 is 0 Å². The molecule has 0 unspecified atom stereocenters. The number of hydrogen-bond donors (Lipinski definition) is 2. The van der Waals surface area contributed by atoms with Gasteiger partial charge in [0.05, 0.1) is 13.7 Å². The van der Waals surface area contributed by atoms with Crippen molar-refractivity contribution in [3.8, 4) is 23.0 Å². The summed E-state index contributed by atoms with van der Waals surface area (Å²) in [5.41, 5.74) is 1.41. The predicted octanol–water partition coefficient (Wildman–Crippen LogP) is 3.26. The summed E-state index contributed by atoms with van der Waals surface area (Å²) < 4.78 is 21.4. The van der Waals surface area contributed by atoms with Gasteiger partial charge in [-0.05, 0) is 38.1 Å². The standard InChI is InChI=1S/C19H22N2O5/c1-4-24-15-7-5-13(9-17(15)23-3)20-12(2)19(22)21-14-6-8-16-18(10-14)26-11-25-16/h5-10,12,20H,4,11H2,1-3H3,(H,21,22)/t12-/m1/s1. The molecule has 0 radical (unpaired) electrons. The molecule has 0 bridgehead atoms. The van der Waals surface area contributed by atoms with E-state index in [1.807, 2.05) is 19.1 Å². The number of ether oxygens (including phenoxy) is 4. The van der Waals surface area contributed by atoms with Crippen molar-refractivity contribution in [2.45, 2.75) is 19.9 Å². The Labute approximate surface area is 152 Å². The molecule has 2 aromatic carbocycles. The Morgan fingerprint density at radius 3 is 2.65 bits per heavy atom. The smallest absolute Gasteiger partial charge is 0.246 e. The van der Waals surface area contributed by atoms with Crippen molar-refractivity contribution < 1.29 is 23.7 Å². The summed E-state index contributed by atoms with van der Waals surface area (Å²) in [5, 5.41) is 6.01. The minimum absolute atomic E-state index is 0.170. The number of carbonyl (C=O) groups excluding carboxylic acids is 1. The molecular formula is C19H22N2O5. The molecule has 7 heteroatoms. The van der Waals surface area contributed by atoms with Gasteiger partial charge in [-0.1, -0.05) is 0 Å². The van der Waals surface area contributed by atoms with Gasteiger partial charge in [0, 0.05) is 23.5 Å². The molecule has 26 heavy (non-hydrogen) atoms. The van der Waals surface area contributed by atoms with Crippen LogP contribution in [-0.4, -0.2) is 32.5 Å². The molecule has 1 amide bonds. The molecule has 138 valence electrons. The molecule has 0 saturated carbocycles. The van der Waals surface area contributed by atoms with Crippen LogP contribution in [0.1, 0.15) is 13.8 Å². The maximum absolute atomic E-state index is 12.4. The lowest BCUT2D eigenvalue weighted by Crippen LogP contribution is -2.31. The molecule has 0 saturated heterocycles. The first-order chi connectivity index (χ1) is 12.6. The Morgan fingerprint density at radius 2 is 1.88 bits per heavy atom. The van der Waals surface area contributed by atoms with E-state index in [0.717, 1.165) is 5.69 Å². The van der Waals surface area contributed by atoms with Gasteiger partial charge < -0.3 is 29.6 Å². The average Bonchev–Trinajstić information content (AvgIpc) is 3.10. The van der Waals surface area contributed by atoms with Crippen LogP contribution in [0.2, 0.25) is 0 Å². The zero-order valence-corrected chi connectivity index (χ0v) is 15.0. The normalized spacial score (nSPS) is 13.0. The largest absolute Gasteiger partial charge is 0.493 e. The van der Waals surface area contributed by atoms with Crippen molar-refractivity contribution in [3.63, 3.8) is 0 Å². The summed E-state index contributed by atoms with van der Waals surface area (Å²) in [7, 11) is 1.58. The fourth-order valence-corrected chi connectivity index (χ4v) is 2.57. The van der Waals surface area contributed by atoms with Gasteiger partial charge >= 0.3 is 0 Å². The number of carbonyl (C=O) groups is 1. The Hall–Kier alpha value is -3.09. The van der Waals surface area contributed by atoms with Gasteiger partial charge in [0.1, 0.15) is 6.04 Å². The second-order valence-electron chi connectivity index (χ2n) is 5.72. The van der Waals surface area contributed by atoms with E-state index in [9.17, 15) is 4.79 Å². The minimum atomic E-state index is -0.455. The lowest BCUT2D eigenvalue weighted by molar-refractivity contribution is -0.116. The second kappa shape index (κ2) is 7.86. The highest BCUT2D eigenvalue weighted by molar-refractivity contribution is 5.96. The van der Waals surface area contributed by atoms with Gasteiger partial charge in [-0.3, -0.25) is 4.79 Å². The summed E-state index contributed by atoms with van der Waals surface area (Å²) in [6.45, 7) is 4.45. The van der Waals surface area contributed by atoms with Crippen molar-refractivity contribution >= 4 is 17.3 Å². The monoisotopic (exact) mass is 358 g/mol. The first-order valence-corrected chi connectivity index (χ1v) is 8.38. The van der Waals surface area contributed by atoms with Crippen LogP contribution in [0.3, 0.4) is 0 Å². The quantitative estimate of drug-likeness (QED) is 0.791. The van der Waals surface area contributed by atoms with E-state index in [1.165, 1.54) is 0 Å². The molecule has 7 nitrogen and oxygen atoms in total. The van der Waals surface area contributed by atoms with E-state index in [0.29, 0.717) is 35.3 Å². The number of fused-ring (bicyclic) bond motifs is 1. The molecule has 1 heterocycles. The summed E-state index contributed by atoms with van der Waals surface area (Å²) in [6, 6.07) is 10.3. The molecule has 0 aromatic heterocycles. The number of rotatable bonds is 7. The van der Waals surface area contributed by atoms with Crippen LogP contribution in [0.25, 0.3) is 0 Å². The van der Waals surface area contributed by atoms with Crippen LogP contribution < -0.4 is 29.6 Å². The fraction of sp³-hybridized carbons (Fsp3) is 0.316. The fourth-order valence-electron chi connectivity index (χ4n) is 2.57. The van der Waals surface area contributed by atoms with Crippen LogP contribution in [0.15, 0.2) is 36.4 Å². The van der Waals surface area contributed by atoms with Crippen molar-refractivity contribution in [2.24, 2.45) is 0 Å². The van der Waals surface area contributed by atoms with Crippen LogP contribution in [0, 0.1) is 0 Å². The lowest BCUT2D eigenvalue weighted by Gasteiger charge is -2.17. The molecular weight excluding hydrogens is 336 g/mol. The topological polar surface area (TPSA) is 78.1 Å². The maximum Gasteiger partial charge on any atom is 0.246 e. The molecule has 1 aliphatic rings. The van der Waals surface area contributed by atoms with Gasteiger partial charge in [0.15, 0.2) is 23.0 Å². The Kier molecular flexibility index (Phi) is 5.36. The van der Waals surface area contributed by atoms with Crippen molar-refractivity contribution in [1.29, 1.82) is 0 Å². The Morgan fingerprint density at radius 1 is 1.12 bits per heavy atom. The zero-order valence-electron chi connectivity index (χ0n) is 15.0. The maximum atomic E-state index is 12.4. The van der Waals surface area contributed by atoms with Crippen LogP contribution in [-0.2, 0) is 4.79 Å². The number of anilines is 2. The molecule has 2 aromatic rings. The minimum Gasteiger partial charge on any atom is -0.493 e. The molecule has 0 fully saturated rings. The van der Waals surface area contributed by atoms with E-state index >= 15 is 0 Å². The second-order valence-corrected chi connectivity index (χ2v) is 5.72. The van der Waals surface area contributed by atoms with Gasteiger partial charge in [-0.25, -0.2) is 0 Å². The summed E-state index contributed by atoms with van der Waals surface area (Å²) in [6.07, 6.45) is 0. The SMILES string of the molecule is CCOc1ccc(N[C@H](C)C(=O)Nc2ccc3c(c2)OCO3)cc1OC. The average molecular weight is 358 g/mol. The van der Waals surface area contributed by atoms with E-state index in [-0.39, 0.29) is 12.7 Å². The highest BCUT2D eigenvalue weighted by Gasteiger charge is 2.17. The molecule has 2 N–H and O–H groups in total. The third-order valence-corrected chi connectivity index (χ3v) is 3.88. The molecule has 0 aliphatic carbocycles. The number of nitrogens with one attached hydrogen (secondary N) is 2. The number of benzene rings is 2.